The largest absolute Gasteiger partial charge is 0.390 e. The van der Waals surface area contributed by atoms with Crippen LogP contribution in [0.2, 0.25) is 0 Å². The van der Waals surface area contributed by atoms with Crippen molar-refractivity contribution in [3.63, 3.8) is 0 Å². The van der Waals surface area contributed by atoms with Gasteiger partial charge in [-0.1, -0.05) is 45.0 Å². The minimum atomic E-state index is -0.471. The van der Waals surface area contributed by atoms with Crippen molar-refractivity contribution >= 4 is 33.0 Å². The Balaban J connectivity index is 1.31. The first-order valence-corrected chi connectivity index (χ1v) is 12.9. The summed E-state index contributed by atoms with van der Waals surface area (Å²) in [5, 5.41) is 20.9. The lowest BCUT2D eigenvalue weighted by molar-refractivity contribution is -0.389. The molecule has 0 radical (unpaired) electrons. The zero-order valence-electron chi connectivity index (χ0n) is 20.7. The number of nitrogens with zero attached hydrogens (tertiary/aromatic N) is 7. The molecule has 0 saturated carbocycles. The summed E-state index contributed by atoms with van der Waals surface area (Å²) in [5.74, 6) is 1.20. The molecule has 0 saturated heterocycles. The molecule has 6 rings (SSSR count). The zero-order valence-corrected chi connectivity index (χ0v) is 21.5. The molecular weight excluding hydrogens is 474 g/mol. The molecule has 0 spiro atoms. The molecule has 1 aliphatic carbocycles. The topological polar surface area (TPSA) is 104 Å². The number of rotatable bonds is 4. The fraction of sp³-hybridized carbons (Fsp3) is 0.385. The Bertz CT molecular complexity index is 1620. The minimum Gasteiger partial charge on any atom is -0.358 e. The number of hydrogen-bond acceptors (Lipinski definition) is 7. The summed E-state index contributed by atoms with van der Waals surface area (Å²) in [4.78, 5) is 22.7. The highest BCUT2D eigenvalue weighted by molar-refractivity contribution is 7.19. The van der Waals surface area contributed by atoms with Crippen molar-refractivity contribution in [2.24, 2.45) is 11.3 Å². The van der Waals surface area contributed by atoms with Crippen molar-refractivity contribution in [3.8, 4) is 11.4 Å². The van der Waals surface area contributed by atoms with Crippen LogP contribution in [-0.4, -0.2) is 34.3 Å². The van der Waals surface area contributed by atoms with E-state index in [1.165, 1.54) is 22.9 Å². The molecule has 1 atom stereocenters. The predicted octanol–water partition coefficient (Wildman–Crippen LogP) is 5.62. The minimum absolute atomic E-state index is 0.137. The maximum atomic E-state index is 11.0. The van der Waals surface area contributed by atoms with Crippen LogP contribution in [0.25, 0.3) is 27.3 Å². The summed E-state index contributed by atoms with van der Waals surface area (Å²) in [7, 11) is 0. The second kappa shape index (κ2) is 8.19. The number of thiophene rings is 1. The highest BCUT2D eigenvalue weighted by Crippen LogP contribution is 2.43. The molecule has 0 N–H and O–H groups in total. The standard InChI is InChI=1S/C26H27N7O2S/c1-15-11-21(33(34)35)29-31(15)13-16-5-7-17(8-6-16)23-28-24-22-19-10-9-18(26(2,3)4)12-20(19)36-25(22)27-14-32(24)30-23/h5-8,11,14,18H,9-10,12-13H2,1-4H3/t18-/m1/s1. The van der Waals surface area contributed by atoms with E-state index in [4.69, 9.17) is 15.1 Å². The lowest BCUT2D eigenvalue weighted by atomic mass is 9.72. The Morgan fingerprint density at radius 3 is 2.67 bits per heavy atom. The number of fused-ring (bicyclic) bond motifs is 5. The lowest BCUT2D eigenvalue weighted by Crippen LogP contribution is -2.26. The van der Waals surface area contributed by atoms with Crippen LogP contribution in [0.1, 0.15) is 48.9 Å². The van der Waals surface area contributed by atoms with Gasteiger partial charge in [0.1, 0.15) is 11.2 Å². The number of benzene rings is 1. The van der Waals surface area contributed by atoms with Crippen LogP contribution in [0.15, 0.2) is 36.7 Å². The van der Waals surface area contributed by atoms with E-state index in [0.29, 0.717) is 23.7 Å². The highest BCUT2D eigenvalue weighted by atomic mass is 32.1. The smallest absolute Gasteiger partial charge is 0.358 e. The molecule has 0 amide bonds. The highest BCUT2D eigenvalue weighted by Gasteiger charge is 2.31. The molecule has 0 aliphatic heterocycles. The van der Waals surface area contributed by atoms with Gasteiger partial charge in [0.2, 0.25) is 0 Å². The number of nitro groups is 1. The summed E-state index contributed by atoms with van der Waals surface area (Å²) in [5.41, 5.74) is 5.22. The van der Waals surface area contributed by atoms with Crippen LogP contribution >= 0.6 is 11.3 Å². The molecule has 1 aliphatic rings. The van der Waals surface area contributed by atoms with Gasteiger partial charge in [-0.25, -0.2) is 14.5 Å². The third-order valence-corrected chi connectivity index (χ3v) is 8.47. The van der Waals surface area contributed by atoms with Gasteiger partial charge in [-0.15, -0.1) is 16.4 Å². The van der Waals surface area contributed by atoms with E-state index in [9.17, 15) is 10.1 Å². The van der Waals surface area contributed by atoms with Crippen molar-refractivity contribution in [3.05, 3.63) is 68.5 Å². The van der Waals surface area contributed by atoms with Crippen molar-refractivity contribution in [2.75, 3.05) is 0 Å². The molecule has 184 valence electrons. The number of hydrogen-bond donors (Lipinski definition) is 0. The second-order valence-electron chi connectivity index (χ2n) is 10.7. The van der Waals surface area contributed by atoms with Gasteiger partial charge in [0.25, 0.3) is 0 Å². The molecule has 10 heteroatoms. The average Bonchev–Trinajstić information content (AvgIpc) is 3.53. The summed E-state index contributed by atoms with van der Waals surface area (Å²) >= 11 is 1.80. The van der Waals surface area contributed by atoms with Crippen LogP contribution in [0.3, 0.4) is 0 Å². The predicted molar refractivity (Wildman–Crippen MR) is 139 cm³/mol. The number of aromatic nitrogens is 6. The van der Waals surface area contributed by atoms with E-state index in [1.807, 2.05) is 31.2 Å². The second-order valence-corrected chi connectivity index (χ2v) is 11.8. The van der Waals surface area contributed by atoms with E-state index in [1.54, 1.807) is 26.9 Å². The molecule has 9 nitrogen and oxygen atoms in total. The quantitative estimate of drug-likeness (QED) is 0.234. The van der Waals surface area contributed by atoms with Crippen LogP contribution in [0.5, 0.6) is 0 Å². The van der Waals surface area contributed by atoms with Crippen LogP contribution < -0.4 is 0 Å². The van der Waals surface area contributed by atoms with Crippen molar-refractivity contribution in [2.45, 2.75) is 53.5 Å². The third kappa shape index (κ3) is 3.85. The molecule has 0 unspecified atom stereocenters. The third-order valence-electron chi connectivity index (χ3n) is 7.31. The molecule has 0 bridgehead atoms. The zero-order chi connectivity index (χ0) is 25.2. The number of aryl methyl sites for hydroxylation is 2. The average molecular weight is 502 g/mol. The maximum Gasteiger partial charge on any atom is 0.390 e. The first-order chi connectivity index (χ1) is 17.2. The van der Waals surface area contributed by atoms with Gasteiger partial charge < -0.3 is 10.1 Å². The molecule has 4 heterocycles. The molecular formula is C26H27N7O2S. The molecule has 5 aromatic rings. The summed E-state index contributed by atoms with van der Waals surface area (Å²) in [6.45, 7) is 9.28. The van der Waals surface area contributed by atoms with Gasteiger partial charge >= 0.3 is 5.82 Å². The fourth-order valence-corrected chi connectivity index (χ4v) is 6.37. The lowest BCUT2D eigenvalue weighted by Gasteiger charge is -2.33. The van der Waals surface area contributed by atoms with Crippen LogP contribution in [0.4, 0.5) is 5.82 Å². The van der Waals surface area contributed by atoms with E-state index in [2.05, 4.69) is 25.9 Å². The van der Waals surface area contributed by atoms with Gasteiger partial charge in [0.05, 0.1) is 28.8 Å². The Morgan fingerprint density at radius 1 is 1.19 bits per heavy atom. The van der Waals surface area contributed by atoms with E-state index < -0.39 is 4.92 Å². The summed E-state index contributed by atoms with van der Waals surface area (Å²) < 4.78 is 3.43. The normalized spacial score (nSPS) is 16.1. The van der Waals surface area contributed by atoms with Gasteiger partial charge in [-0.05, 0) is 53.6 Å². The van der Waals surface area contributed by atoms with E-state index >= 15 is 0 Å². The van der Waals surface area contributed by atoms with E-state index in [0.717, 1.165) is 45.5 Å². The summed E-state index contributed by atoms with van der Waals surface area (Å²) in [6.07, 6.45) is 5.11. The Kier molecular flexibility index (Phi) is 5.18. The van der Waals surface area contributed by atoms with Crippen molar-refractivity contribution in [1.82, 2.24) is 29.4 Å². The molecule has 0 fully saturated rings. The van der Waals surface area contributed by atoms with Crippen molar-refractivity contribution < 1.29 is 4.92 Å². The monoisotopic (exact) mass is 501 g/mol. The molecule has 4 aromatic heterocycles. The molecule has 1 aromatic carbocycles. The Hall–Kier alpha value is -3.66. The van der Waals surface area contributed by atoms with Gasteiger partial charge in [0.15, 0.2) is 11.5 Å². The first-order valence-electron chi connectivity index (χ1n) is 12.1. The first kappa shape index (κ1) is 22.8. The summed E-state index contributed by atoms with van der Waals surface area (Å²) in [6, 6.07) is 9.43. The van der Waals surface area contributed by atoms with Crippen LogP contribution in [-0.2, 0) is 19.4 Å². The van der Waals surface area contributed by atoms with Gasteiger partial charge in [-0.2, -0.15) is 4.68 Å². The fourth-order valence-electron chi connectivity index (χ4n) is 5.11. The maximum absolute atomic E-state index is 11.0. The Morgan fingerprint density at radius 2 is 1.97 bits per heavy atom. The SMILES string of the molecule is Cc1cc([N+](=O)[O-])nn1Cc1ccc(-c2nc3c4c5c(sc4ncn3n2)C[C@H](C(C)(C)C)CC5)cc1. The van der Waals surface area contributed by atoms with Crippen LogP contribution in [0, 0.1) is 28.4 Å². The van der Waals surface area contributed by atoms with Gasteiger partial charge in [-0.3, -0.25) is 0 Å². The molecule has 36 heavy (non-hydrogen) atoms. The van der Waals surface area contributed by atoms with Crippen molar-refractivity contribution in [1.29, 1.82) is 0 Å². The Labute approximate surface area is 212 Å². The van der Waals surface area contributed by atoms with Gasteiger partial charge in [0, 0.05) is 10.4 Å². The van der Waals surface area contributed by atoms with E-state index in [-0.39, 0.29) is 5.82 Å².